The van der Waals surface area contributed by atoms with Gasteiger partial charge in [0.25, 0.3) is 0 Å². The van der Waals surface area contributed by atoms with Gasteiger partial charge in [0.15, 0.2) is 0 Å². The molecular formula is C11H15N3O2S3. The highest BCUT2D eigenvalue weighted by Gasteiger charge is 2.16. The molecule has 0 saturated heterocycles. The second-order valence-corrected chi connectivity index (χ2v) is 7.76. The van der Waals surface area contributed by atoms with E-state index >= 15 is 0 Å². The summed E-state index contributed by atoms with van der Waals surface area (Å²) in [7, 11) is -1.56. The first kappa shape index (κ1) is 14.6. The van der Waals surface area contributed by atoms with Crippen molar-refractivity contribution in [1.82, 2.24) is 15.0 Å². The molecule has 8 heteroatoms. The van der Waals surface area contributed by atoms with E-state index in [2.05, 4.69) is 15.0 Å². The molecule has 2 N–H and O–H groups in total. The topological polar surface area (TPSA) is 71.1 Å². The Morgan fingerprint density at radius 2 is 2.21 bits per heavy atom. The number of thiophene rings is 1. The van der Waals surface area contributed by atoms with Gasteiger partial charge in [-0.15, -0.1) is 22.7 Å². The Balaban J connectivity index is 1.93. The third-order valence-electron chi connectivity index (χ3n) is 2.39. The lowest BCUT2D eigenvalue weighted by Gasteiger charge is -2.03. The van der Waals surface area contributed by atoms with Crippen LogP contribution in [-0.4, -0.2) is 27.0 Å². The molecule has 2 rings (SSSR count). The molecule has 0 bridgehead atoms. The molecule has 0 amide bonds. The summed E-state index contributed by atoms with van der Waals surface area (Å²) in [6, 6.07) is 1.70. The van der Waals surface area contributed by atoms with E-state index in [0.717, 1.165) is 10.6 Å². The molecule has 0 saturated carbocycles. The first-order chi connectivity index (χ1) is 9.12. The number of thiazole rings is 1. The summed E-state index contributed by atoms with van der Waals surface area (Å²) in [6.45, 7) is 1.04. The van der Waals surface area contributed by atoms with Gasteiger partial charge in [0.2, 0.25) is 10.0 Å². The third-order valence-corrected chi connectivity index (χ3v) is 6.18. The molecule has 2 heterocycles. The number of nitrogens with zero attached hydrogens (tertiary/aromatic N) is 1. The summed E-state index contributed by atoms with van der Waals surface area (Å²) in [5.41, 5.74) is 0.979. The van der Waals surface area contributed by atoms with Gasteiger partial charge in [-0.3, -0.25) is 0 Å². The second kappa shape index (κ2) is 6.58. The van der Waals surface area contributed by atoms with Crippen LogP contribution >= 0.6 is 22.7 Å². The summed E-state index contributed by atoms with van der Waals surface area (Å²) in [5.74, 6) is 0. The maximum absolute atomic E-state index is 12.0. The van der Waals surface area contributed by atoms with Crippen molar-refractivity contribution in [3.05, 3.63) is 33.6 Å². The molecule has 19 heavy (non-hydrogen) atoms. The molecule has 2 aromatic rings. The van der Waals surface area contributed by atoms with Gasteiger partial charge in [0, 0.05) is 31.1 Å². The average molecular weight is 317 g/mol. The van der Waals surface area contributed by atoms with Gasteiger partial charge >= 0.3 is 0 Å². The fraction of sp³-hybridized carbons (Fsp3) is 0.364. The van der Waals surface area contributed by atoms with Crippen LogP contribution in [0.5, 0.6) is 0 Å². The highest BCUT2D eigenvalue weighted by atomic mass is 32.2. The molecule has 0 aromatic carbocycles. The summed E-state index contributed by atoms with van der Waals surface area (Å²) in [4.78, 5) is 4.12. The predicted molar refractivity (Wildman–Crippen MR) is 78.1 cm³/mol. The molecule has 2 aromatic heterocycles. The molecule has 0 unspecified atom stereocenters. The van der Waals surface area contributed by atoms with Gasteiger partial charge in [-0.05, 0) is 24.1 Å². The van der Waals surface area contributed by atoms with Crippen molar-refractivity contribution < 1.29 is 8.42 Å². The summed E-state index contributed by atoms with van der Waals surface area (Å²) < 4.78 is 27.0. The SMILES string of the molecule is CNCc1csc(S(=O)(=O)NCCc2nccs2)c1. The number of rotatable bonds is 7. The largest absolute Gasteiger partial charge is 0.316 e. The Kier molecular flexibility index (Phi) is 5.06. The van der Waals surface area contributed by atoms with E-state index in [1.54, 1.807) is 12.3 Å². The van der Waals surface area contributed by atoms with Crippen molar-refractivity contribution in [2.45, 2.75) is 17.2 Å². The van der Waals surface area contributed by atoms with Gasteiger partial charge in [-0.25, -0.2) is 18.1 Å². The molecular weight excluding hydrogens is 302 g/mol. The molecule has 0 radical (unpaired) electrons. The van der Waals surface area contributed by atoms with Crippen molar-refractivity contribution in [3.63, 3.8) is 0 Å². The van der Waals surface area contributed by atoms with Crippen molar-refractivity contribution >= 4 is 32.7 Å². The van der Waals surface area contributed by atoms with Crippen molar-refractivity contribution in [3.8, 4) is 0 Å². The van der Waals surface area contributed by atoms with Crippen LogP contribution in [-0.2, 0) is 23.0 Å². The zero-order chi connectivity index (χ0) is 13.7. The summed E-state index contributed by atoms with van der Waals surface area (Å²) >= 11 is 2.77. The monoisotopic (exact) mass is 317 g/mol. The van der Waals surface area contributed by atoms with Gasteiger partial charge in [0.05, 0.1) is 5.01 Å². The maximum Gasteiger partial charge on any atom is 0.250 e. The van der Waals surface area contributed by atoms with Gasteiger partial charge < -0.3 is 5.32 Å². The fourth-order valence-corrected chi connectivity index (χ4v) is 4.44. The molecule has 104 valence electrons. The maximum atomic E-state index is 12.0. The predicted octanol–water partition coefficient (Wildman–Crippen LogP) is 1.44. The zero-order valence-corrected chi connectivity index (χ0v) is 12.9. The number of hydrogen-bond donors (Lipinski definition) is 2. The minimum Gasteiger partial charge on any atom is -0.316 e. The molecule has 0 atom stereocenters. The van der Waals surface area contributed by atoms with Crippen LogP contribution in [0.4, 0.5) is 0 Å². The second-order valence-electron chi connectivity index (χ2n) is 3.88. The van der Waals surface area contributed by atoms with Gasteiger partial charge in [-0.2, -0.15) is 0 Å². The van der Waals surface area contributed by atoms with Gasteiger partial charge in [0.1, 0.15) is 4.21 Å². The first-order valence-electron chi connectivity index (χ1n) is 5.72. The smallest absolute Gasteiger partial charge is 0.250 e. The normalized spacial score (nSPS) is 11.8. The van der Waals surface area contributed by atoms with Crippen LogP contribution in [0.2, 0.25) is 0 Å². The Hall–Kier alpha value is -0.800. The minimum atomic E-state index is -3.39. The number of nitrogens with one attached hydrogen (secondary N) is 2. The molecule has 0 fully saturated rings. The van der Waals surface area contributed by atoms with E-state index in [0.29, 0.717) is 23.7 Å². The average Bonchev–Trinajstić information content (AvgIpc) is 3.00. The molecule has 0 aliphatic heterocycles. The molecule has 5 nitrogen and oxygen atoms in total. The number of hydrogen-bond acceptors (Lipinski definition) is 6. The fourth-order valence-electron chi connectivity index (χ4n) is 1.53. The Morgan fingerprint density at radius 3 is 2.89 bits per heavy atom. The van der Waals surface area contributed by atoms with E-state index in [1.807, 2.05) is 17.8 Å². The molecule has 0 spiro atoms. The van der Waals surface area contributed by atoms with E-state index < -0.39 is 10.0 Å². The van der Waals surface area contributed by atoms with Crippen LogP contribution in [0, 0.1) is 0 Å². The van der Waals surface area contributed by atoms with Crippen molar-refractivity contribution in [2.24, 2.45) is 0 Å². The van der Waals surface area contributed by atoms with Crippen LogP contribution in [0.15, 0.2) is 27.2 Å². The van der Waals surface area contributed by atoms with Crippen molar-refractivity contribution in [1.29, 1.82) is 0 Å². The summed E-state index contributed by atoms with van der Waals surface area (Å²) in [6.07, 6.45) is 2.34. The highest BCUT2D eigenvalue weighted by molar-refractivity contribution is 7.91. The van der Waals surface area contributed by atoms with E-state index in [-0.39, 0.29) is 0 Å². The highest BCUT2D eigenvalue weighted by Crippen LogP contribution is 2.20. The van der Waals surface area contributed by atoms with Crippen LogP contribution in [0.3, 0.4) is 0 Å². The third kappa shape index (κ3) is 4.08. The lowest BCUT2D eigenvalue weighted by molar-refractivity contribution is 0.583. The Labute approximate surface area is 120 Å². The van der Waals surface area contributed by atoms with Crippen LogP contribution in [0.1, 0.15) is 10.6 Å². The van der Waals surface area contributed by atoms with E-state index in [1.165, 1.54) is 22.7 Å². The Morgan fingerprint density at radius 1 is 1.37 bits per heavy atom. The molecule has 0 aliphatic rings. The van der Waals surface area contributed by atoms with Crippen LogP contribution < -0.4 is 10.0 Å². The number of sulfonamides is 1. The first-order valence-corrected chi connectivity index (χ1v) is 8.96. The Bertz CT molecular complexity index is 605. The zero-order valence-electron chi connectivity index (χ0n) is 10.4. The quantitative estimate of drug-likeness (QED) is 0.811. The van der Waals surface area contributed by atoms with E-state index in [4.69, 9.17) is 0 Å². The van der Waals surface area contributed by atoms with Gasteiger partial charge in [-0.1, -0.05) is 0 Å². The standard InChI is InChI=1S/C11H15N3O2S3/c1-12-7-9-6-11(18-8-9)19(15,16)14-3-2-10-13-4-5-17-10/h4-6,8,12,14H,2-3,7H2,1H3. The lowest BCUT2D eigenvalue weighted by Crippen LogP contribution is -2.25. The van der Waals surface area contributed by atoms with E-state index in [9.17, 15) is 8.42 Å². The molecule has 0 aliphatic carbocycles. The van der Waals surface area contributed by atoms with Crippen molar-refractivity contribution in [2.75, 3.05) is 13.6 Å². The number of aromatic nitrogens is 1. The minimum absolute atomic E-state index is 0.358. The van der Waals surface area contributed by atoms with Crippen LogP contribution in [0.25, 0.3) is 0 Å². The lowest BCUT2D eigenvalue weighted by atomic mass is 10.3. The summed E-state index contributed by atoms with van der Waals surface area (Å²) in [5, 5.41) is 7.67.